The van der Waals surface area contributed by atoms with E-state index in [9.17, 15) is 4.79 Å². The highest BCUT2D eigenvalue weighted by atomic mass is 35.5. The van der Waals surface area contributed by atoms with Gasteiger partial charge in [0.2, 0.25) is 0 Å². The first-order valence-electron chi connectivity index (χ1n) is 5.91. The highest BCUT2D eigenvalue weighted by molar-refractivity contribution is 6.29. The highest BCUT2D eigenvalue weighted by Crippen LogP contribution is 2.25. The third-order valence-corrected chi connectivity index (χ3v) is 3.45. The van der Waals surface area contributed by atoms with Crippen molar-refractivity contribution in [1.29, 1.82) is 0 Å². The van der Waals surface area contributed by atoms with Crippen LogP contribution < -0.4 is 11.1 Å². The maximum absolute atomic E-state index is 11.7. The Hall–Kier alpha value is -0.710. The highest BCUT2D eigenvalue weighted by Gasteiger charge is 2.28. The summed E-state index contributed by atoms with van der Waals surface area (Å²) in [4.78, 5) is 11.7. The van der Waals surface area contributed by atoms with Crippen molar-refractivity contribution in [3.05, 3.63) is 23.1 Å². The quantitative estimate of drug-likeness (QED) is 0.900. The fraction of sp³-hybridized carbons (Fsp3) is 0.583. The molecule has 1 aromatic heterocycles. The molecule has 1 saturated carbocycles. The average molecular weight is 293 g/mol. The molecule has 1 amide bonds. The topological polar surface area (TPSA) is 68.3 Å². The van der Waals surface area contributed by atoms with Gasteiger partial charge in [-0.25, -0.2) is 0 Å². The smallest absolute Gasteiger partial charge is 0.287 e. The Morgan fingerprint density at radius 3 is 2.61 bits per heavy atom. The third-order valence-electron chi connectivity index (χ3n) is 3.25. The van der Waals surface area contributed by atoms with Crippen molar-refractivity contribution < 1.29 is 9.21 Å². The summed E-state index contributed by atoms with van der Waals surface area (Å²) < 4.78 is 5.03. The lowest BCUT2D eigenvalue weighted by molar-refractivity contribution is 0.0910. The van der Waals surface area contributed by atoms with Crippen LogP contribution in [0.25, 0.3) is 0 Å². The molecule has 3 N–H and O–H groups in total. The Morgan fingerprint density at radius 1 is 1.39 bits per heavy atom. The lowest BCUT2D eigenvalue weighted by Gasteiger charge is -2.33. The Morgan fingerprint density at radius 2 is 2.06 bits per heavy atom. The molecular formula is C12H18Cl2N2O2. The SMILES string of the molecule is Cl.NC1(CNC(=O)c2ccc(Cl)o2)CCCCC1. The monoisotopic (exact) mass is 292 g/mol. The second-order valence-electron chi connectivity index (χ2n) is 4.71. The molecule has 6 heteroatoms. The molecular weight excluding hydrogens is 275 g/mol. The minimum atomic E-state index is -0.260. The molecule has 0 aromatic carbocycles. The van der Waals surface area contributed by atoms with Crippen LogP contribution >= 0.6 is 24.0 Å². The lowest BCUT2D eigenvalue weighted by Crippen LogP contribution is -2.51. The van der Waals surface area contributed by atoms with Gasteiger partial charge in [0.1, 0.15) is 0 Å². The van der Waals surface area contributed by atoms with Crippen molar-refractivity contribution >= 4 is 29.9 Å². The second-order valence-corrected chi connectivity index (χ2v) is 5.08. The number of carbonyl (C=O) groups is 1. The largest absolute Gasteiger partial charge is 0.440 e. The van der Waals surface area contributed by atoms with Crippen molar-refractivity contribution in [2.24, 2.45) is 5.73 Å². The summed E-state index contributed by atoms with van der Waals surface area (Å²) in [6.07, 6.45) is 5.44. The van der Waals surface area contributed by atoms with E-state index in [1.54, 1.807) is 12.1 Å². The molecule has 4 nitrogen and oxygen atoms in total. The van der Waals surface area contributed by atoms with E-state index in [0.717, 1.165) is 25.7 Å². The molecule has 1 fully saturated rings. The van der Waals surface area contributed by atoms with E-state index in [-0.39, 0.29) is 34.8 Å². The van der Waals surface area contributed by atoms with Crippen molar-refractivity contribution in [3.63, 3.8) is 0 Å². The van der Waals surface area contributed by atoms with Crippen molar-refractivity contribution in [3.8, 4) is 0 Å². The number of hydrogen-bond acceptors (Lipinski definition) is 3. The first-order valence-corrected chi connectivity index (χ1v) is 6.29. The van der Waals surface area contributed by atoms with Crippen LogP contribution in [0, 0.1) is 0 Å². The molecule has 0 bridgehead atoms. The van der Waals surface area contributed by atoms with Gasteiger partial charge < -0.3 is 15.5 Å². The summed E-state index contributed by atoms with van der Waals surface area (Å²) in [6, 6.07) is 3.11. The third kappa shape index (κ3) is 3.90. The molecule has 1 aliphatic carbocycles. The van der Waals surface area contributed by atoms with Gasteiger partial charge in [0, 0.05) is 12.1 Å². The Balaban J connectivity index is 0.00000162. The van der Waals surface area contributed by atoms with Crippen LogP contribution in [0.2, 0.25) is 5.22 Å². The van der Waals surface area contributed by atoms with Gasteiger partial charge in [0.25, 0.3) is 5.91 Å². The van der Waals surface area contributed by atoms with Gasteiger partial charge in [0.05, 0.1) is 0 Å². The lowest BCUT2D eigenvalue weighted by atomic mass is 9.82. The van der Waals surface area contributed by atoms with E-state index in [0.29, 0.717) is 6.54 Å². The molecule has 0 saturated heterocycles. The minimum Gasteiger partial charge on any atom is -0.440 e. The maximum atomic E-state index is 11.7. The number of nitrogens with two attached hydrogens (primary N) is 1. The molecule has 0 unspecified atom stereocenters. The molecule has 0 aliphatic heterocycles. The van der Waals surface area contributed by atoms with Gasteiger partial charge >= 0.3 is 0 Å². The molecule has 1 heterocycles. The van der Waals surface area contributed by atoms with Crippen LogP contribution in [0.4, 0.5) is 0 Å². The summed E-state index contributed by atoms with van der Waals surface area (Å²) in [6.45, 7) is 0.490. The van der Waals surface area contributed by atoms with E-state index in [1.807, 2.05) is 0 Å². The van der Waals surface area contributed by atoms with Crippen LogP contribution in [-0.2, 0) is 0 Å². The molecule has 0 radical (unpaired) electrons. The molecule has 1 aromatic rings. The van der Waals surface area contributed by atoms with Gasteiger partial charge in [-0.2, -0.15) is 0 Å². The molecule has 18 heavy (non-hydrogen) atoms. The van der Waals surface area contributed by atoms with Gasteiger partial charge in [-0.15, -0.1) is 12.4 Å². The molecule has 0 spiro atoms. The van der Waals surface area contributed by atoms with Crippen molar-refractivity contribution in [2.45, 2.75) is 37.6 Å². The van der Waals surface area contributed by atoms with Crippen LogP contribution in [0.1, 0.15) is 42.7 Å². The second kappa shape index (κ2) is 6.45. The number of furan rings is 1. The van der Waals surface area contributed by atoms with Crippen LogP contribution in [0.15, 0.2) is 16.5 Å². The van der Waals surface area contributed by atoms with Crippen molar-refractivity contribution in [2.75, 3.05) is 6.54 Å². The predicted octanol–water partition coefficient (Wildman–Crippen LogP) is 2.75. The summed E-state index contributed by atoms with van der Waals surface area (Å²) >= 11 is 5.61. The van der Waals surface area contributed by atoms with Gasteiger partial charge in [-0.05, 0) is 36.6 Å². The van der Waals surface area contributed by atoms with Crippen LogP contribution in [0.3, 0.4) is 0 Å². The zero-order chi connectivity index (χ0) is 12.3. The normalized spacial score (nSPS) is 17.9. The Kier molecular flexibility index (Phi) is 5.50. The number of carbonyl (C=O) groups excluding carboxylic acids is 1. The summed E-state index contributed by atoms with van der Waals surface area (Å²) in [5.74, 6) is -0.0262. The number of halogens is 2. The standard InChI is InChI=1S/C12H17ClN2O2.ClH/c13-10-5-4-9(17-10)11(16)15-8-12(14)6-2-1-3-7-12;/h4-5H,1-3,6-8,14H2,(H,15,16);1H. The Labute approximate surface area is 118 Å². The number of nitrogens with one attached hydrogen (secondary N) is 1. The summed E-state index contributed by atoms with van der Waals surface area (Å²) in [7, 11) is 0. The maximum Gasteiger partial charge on any atom is 0.287 e. The van der Waals surface area contributed by atoms with E-state index in [1.165, 1.54) is 6.42 Å². The van der Waals surface area contributed by atoms with Gasteiger partial charge in [-0.3, -0.25) is 4.79 Å². The van der Waals surface area contributed by atoms with Gasteiger partial charge in [-0.1, -0.05) is 19.3 Å². The number of amides is 1. The average Bonchev–Trinajstić information content (AvgIpc) is 2.74. The minimum absolute atomic E-state index is 0. The van der Waals surface area contributed by atoms with E-state index in [4.69, 9.17) is 21.8 Å². The fourth-order valence-corrected chi connectivity index (χ4v) is 2.36. The van der Waals surface area contributed by atoms with Crippen LogP contribution in [-0.4, -0.2) is 18.0 Å². The van der Waals surface area contributed by atoms with E-state index in [2.05, 4.69) is 5.32 Å². The molecule has 1 aliphatic rings. The summed E-state index contributed by atoms with van der Waals surface area (Å²) in [5.41, 5.74) is 5.96. The zero-order valence-corrected chi connectivity index (χ0v) is 11.6. The summed E-state index contributed by atoms with van der Waals surface area (Å²) in [5, 5.41) is 3.02. The van der Waals surface area contributed by atoms with Gasteiger partial charge in [0.15, 0.2) is 11.0 Å². The van der Waals surface area contributed by atoms with Crippen LogP contribution in [0.5, 0.6) is 0 Å². The van der Waals surface area contributed by atoms with E-state index >= 15 is 0 Å². The predicted molar refractivity (Wildman–Crippen MR) is 73.3 cm³/mol. The first kappa shape index (κ1) is 15.3. The zero-order valence-electron chi connectivity index (χ0n) is 10.1. The fourth-order valence-electron chi connectivity index (χ4n) is 2.21. The first-order chi connectivity index (χ1) is 8.09. The van der Waals surface area contributed by atoms with Crippen molar-refractivity contribution in [1.82, 2.24) is 5.32 Å². The van der Waals surface area contributed by atoms with E-state index < -0.39 is 0 Å². The Bertz CT molecular complexity index is 401. The molecule has 0 atom stereocenters. The number of rotatable bonds is 3. The molecule has 102 valence electrons. The number of hydrogen-bond donors (Lipinski definition) is 2. The molecule has 2 rings (SSSR count).